The standard InChI is InChI=1S/C12H11ClN2O4/c1-7-8(13)3-2-4-9(7)14-12(19)15-10(16)5-6-11(17)18/h2-6H,1H3,(H,17,18)(H2,14,15,16,19)/b6-5+. The lowest BCUT2D eigenvalue weighted by molar-refractivity contribution is -0.131. The molecule has 1 aromatic carbocycles. The third kappa shape index (κ3) is 4.81. The van der Waals surface area contributed by atoms with Crippen molar-refractivity contribution in [2.75, 3.05) is 5.32 Å². The first-order valence-electron chi connectivity index (χ1n) is 5.18. The van der Waals surface area contributed by atoms with Gasteiger partial charge in [-0.25, -0.2) is 9.59 Å². The van der Waals surface area contributed by atoms with Crippen molar-refractivity contribution in [2.24, 2.45) is 0 Å². The van der Waals surface area contributed by atoms with Crippen LogP contribution in [-0.2, 0) is 9.59 Å². The van der Waals surface area contributed by atoms with Crippen LogP contribution < -0.4 is 10.6 Å². The number of carbonyl (C=O) groups is 3. The fraction of sp³-hybridized carbons (Fsp3) is 0.0833. The van der Waals surface area contributed by atoms with Gasteiger partial charge in [0.15, 0.2) is 0 Å². The number of nitrogens with one attached hydrogen (secondary N) is 2. The summed E-state index contributed by atoms with van der Waals surface area (Å²) in [6.45, 7) is 1.71. The molecule has 3 amide bonds. The van der Waals surface area contributed by atoms with Crippen LogP contribution in [0.2, 0.25) is 5.02 Å². The number of carboxylic acid groups (broad SMARTS) is 1. The van der Waals surface area contributed by atoms with E-state index in [1.54, 1.807) is 25.1 Å². The smallest absolute Gasteiger partial charge is 0.328 e. The third-order valence-electron chi connectivity index (χ3n) is 2.13. The van der Waals surface area contributed by atoms with E-state index in [9.17, 15) is 14.4 Å². The van der Waals surface area contributed by atoms with E-state index in [0.29, 0.717) is 22.3 Å². The number of rotatable bonds is 3. The molecule has 0 saturated carbocycles. The van der Waals surface area contributed by atoms with Gasteiger partial charge in [0, 0.05) is 22.9 Å². The zero-order valence-corrected chi connectivity index (χ0v) is 10.7. The Kier molecular flexibility index (Phi) is 5.08. The monoisotopic (exact) mass is 282 g/mol. The second-order valence-electron chi connectivity index (χ2n) is 3.53. The van der Waals surface area contributed by atoms with Crippen molar-refractivity contribution in [2.45, 2.75) is 6.92 Å². The van der Waals surface area contributed by atoms with E-state index >= 15 is 0 Å². The molecule has 0 aliphatic carbocycles. The van der Waals surface area contributed by atoms with Crippen molar-refractivity contribution < 1.29 is 19.5 Å². The first-order chi connectivity index (χ1) is 8.90. The average Bonchev–Trinajstić information content (AvgIpc) is 2.32. The van der Waals surface area contributed by atoms with Crippen LogP contribution in [0.1, 0.15) is 5.56 Å². The Hall–Kier alpha value is -2.34. The second-order valence-corrected chi connectivity index (χ2v) is 3.93. The Morgan fingerprint density at radius 1 is 1.26 bits per heavy atom. The topological polar surface area (TPSA) is 95.5 Å². The Morgan fingerprint density at radius 3 is 2.58 bits per heavy atom. The highest BCUT2D eigenvalue weighted by molar-refractivity contribution is 6.31. The third-order valence-corrected chi connectivity index (χ3v) is 2.54. The second kappa shape index (κ2) is 6.55. The van der Waals surface area contributed by atoms with Crippen molar-refractivity contribution in [1.82, 2.24) is 5.32 Å². The molecule has 6 nitrogen and oxygen atoms in total. The van der Waals surface area contributed by atoms with Crippen LogP contribution in [0.3, 0.4) is 0 Å². The van der Waals surface area contributed by atoms with Gasteiger partial charge in [0.25, 0.3) is 5.91 Å². The van der Waals surface area contributed by atoms with Gasteiger partial charge < -0.3 is 10.4 Å². The Labute approximate surface area is 114 Å². The van der Waals surface area contributed by atoms with Crippen molar-refractivity contribution in [1.29, 1.82) is 0 Å². The zero-order chi connectivity index (χ0) is 14.4. The molecule has 0 aliphatic heterocycles. The van der Waals surface area contributed by atoms with Gasteiger partial charge in [-0.3, -0.25) is 10.1 Å². The summed E-state index contributed by atoms with van der Waals surface area (Å²) in [4.78, 5) is 32.8. The van der Waals surface area contributed by atoms with E-state index < -0.39 is 17.9 Å². The number of amides is 3. The number of urea groups is 1. The van der Waals surface area contributed by atoms with Crippen LogP contribution in [0, 0.1) is 6.92 Å². The van der Waals surface area contributed by atoms with E-state index in [1.807, 2.05) is 5.32 Å². The van der Waals surface area contributed by atoms with Crippen molar-refractivity contribution in [3.8, 4) is 0 Å². The molecule has 0 saturated heterocycles. The predicted molar refractivity (Wildman–Crippen MR) is 70.1 cm³/mol. The minimum Gasteiger partial charge on any atom is -0.478 e. The molecule has 0 fully saturated rings. The van der Waals surface area contributed by atoms with E-state index in [1.165, 1.54) is 0 Å². The highest BCUT2D eigenvalue weighted by atomic mass is 35.5. The lowest BCUT2D eigenvalue weighted by Gasteiger charge is -2.09. The van der Waals surface area contributed by atoms with Gasteiger partial charge in [-0.15, -0.1) is 0 Å². The summed E-state index contributed by atoms with van der Waals surface area (Å²) in [5.74, 6) is -2.11. The van der Waals surface area contributed by atoms with Crippen LogP contribution in [0.15, 0.2) is 30.4 Å². The molecule has 0 unspecified atom stereocenters. The van der Waals surface area contributed by atoms with Gasteiger partial charge in [0.1, 0.15) is 0 Å². The minimum absolute atomic E-state index is 0.458. The quantitative estimate of drug-likeness (QED) is 0.738. The number of benzene rings is 1. The van der Waals surface area contributed by atoms with Gasteiger partial charge >= 0.3 is 12.0 Å². The SMILES string of the molecule is Cc1c(Cl)cccc1NC(=O)NC(=O)/C=C/C(=O)O. The van der Waals surface area contributed by atoms with Gasteiger partial charge in [-0.1, -0.05) is 17.7 Å². The molecule has 19 heavy (non-hydrogen) atoms. The van der Waals surface area contributed by atoms with Crippen LogP contribution in [-0.4, -0.2) is 23.0 Å². The first kappa shape index (κ1) is 14.7. The Balaban J connectivity index is 2.63. The van der Waals surface area contributed by atoms with Gasteiger partial charge in [-0.2, -0.15) is 0 Å². The molecule has 0 aromatic heterocycles. The van der Waals surface area contributed by atoms with Crippen LogP contribution >= 0.6 is 11.6 Å². The molecular formula is C12H11ClN2O4. The highest BCUT2D eigenvalue weighted by Crippen LogP contribution is 2.22. The zero-order valence-electron chi connectivity index (χ0n) is 9.94. The number of hydrogen-bond acceptors (Lipinski definition) is 3. The largest absolute Gasteiger partial charge is 0.478 e. The van der Waals surface area contributed by atoms with E-state index in [-0.39, 0.29) is 0 Å². The molecule has 1 aromatic rings. The van der Waals surface area contributed by atoms with Gasteiger partial charge in [0.2, 0.25) is 0 Å². The van der Waals surface area contributed by atoms with Gasteiger partial charge in [-0.05, 0) is 24.6 Å². The number of aliphatic carboxylic acids is 1. The summed E-state index contributed by atoms with van der Waals surface area (Å²) in [7, 11) is 0. The van der Waals surface area contributed by atoms with Crippen molar-refractivity contribution >= 4 is 35.2 Å². The number of carboxylic acids is 1. The number of anilines is 1. The van der Waals surface area contributed by atoms with E-state index in [2.05, 4.69) is 5.32 Å². The number of hydrogen-bond donors (Lipinski definition) is 3. The fourth-order valence-electron chi connectivity index (χ4n) is 1.20. The summed E-state index contributed by atoms with van der Waals surface area (Å²) < 4.78 is 0. The highest BCUT2D eigenvalue weighted by Gasteiger charge is 2.08. The number of imide groups is 1. The predicted octanol–water partition coefficient (Wildman–Crippen LogP) is 1.94. The Morgan fingerprint density at radius 2 is 1.95 bits per heavy atom. The number of halogens is 1. The van der Waals surface area contributed by atoms with Crippen LogP contribution in [0.4, 0.5) is 10.5 Å². The molecule has 0 atom stereocenters. The van der Waals surface area contributed by atoms with Gasteiger partial charge in [0.05, 0.1) is 0 Å². The van der Waals surface area contributed by atoms with E-state index in [4.69, 9.17) is 16.7 Å². The van der Waals surface area contributed by atoms with Crippen molar-refractivity contribution in [3.05, 3.63) is 40.9 Å². The summed E-state index contributed by atoms with van der Waals surface area (Å²) in [6.07, 6.45) is 1.37. The number of carbonyl (C=O) groups excluding carboxylic acids is 2. The maximum atomic E-state index is 11.5. The molecule has 3 N–H and O–H groups in total. The molecule has 0 aliphatic rings. The van der Waals surface area contributed by atoms with Crippen LogP contribution in [0.25, 0.3) is 0 Å². The van der Waals surface area contributed by atoms with Crippen LogP contribution in [0.5, 0.6) is 0 Å². The summed E-state index contributed by atoms with van der Waals surface area (Å²) in [6, 6.07) is 4.17. The fourth-order valence-corrected chi connectivity index (χ4v) is 1.37. The molecule has 100 valence electrons. The molecule has 0 heterocycles. The summed E-state index contributed by atoms with van der Waals surface area (Å²) in [5.41, 5.74) is 1.12. The average molecular weight is 283 g/mol. The summed E-state index contributed by atoms with van der Waals surface area (Å²) in [5, 5.41) is 13.2. The lowest BCUT2D eigenvalue weighted by atomic mass is 10.2. The van der Waals surface area contributed by atoms with E-state index in [0.717, 1.165) is 6.08 Å². The molecule has 0 bridgehead atoms. The normalized spacial score (nSPS) is 10.2. The molecule has 0 radical (unpaired) electrons. The maximum Gasteiger partial charge on any atom is 0.328 e. The molecule has 1 rings (SSSR count). The minimum atomic E-state index is -1.28. The molecule has 7 heteroatoms. The van der Waals surface area contributed by atoms with Crippen molar-refractivity contribution in [3.63, 3.8) is 0 Å². The lowest BCUT2D eigenvalue weighted by Crippen LogP contribution is -2.33. The molecular weight excluding hydrogens is 272 g/mol. The Bertz CT molecular complexity index is 555. The molecule has 0 spiro atoms. The summed E-state index contributed by atoms with van der Waals surface area (Å²) >= 11 is 5.87. The first-order valence-corrected chi connectivity index (χ1v) is 5.56. The maximum absolute atomic E-state index is 11.5.